The van der Waals surface area contributed by atoms with Crippen molar-refractivity contribution in [2.45, 2.75) is 6.18 Å². The Balaban J connectivity index is 0.000000451. The first-order chi connectivity index (χ1) is 15.1. The van der Waals surface area contributed by atoms with E-state index in [2.05, 4.69) is 33.8 Å². The molecule has 1 aromatic heterocycles. The second-order valence-corrected chi connectivity index (χ2v) is 6.51. The van der Waals surface area contributed by atoms with Crippen molar-refractivity contribution < 1.29 is 23.1 Å². The Labute approximate surface area is 187 Å². The van der Waals surface area contributed by atoms with Gasteiger partial charge in [0.1, 0.15) is 5.02 Å². The Hall–Kier alpha value is -3.85. The summed E-state index contributed by atoms with van der Waals surface area (Å²) in [7, 11) is 0. The van der Waals surface area contributed by atoms with Crippen LogP contribution in [-0.2, 0) is 4.79 Å². The molecule has 32 heavy (non-hydrogen) atoms. The maximum atomic E-state index is 10.6. The smallest absolute Gasteiger partial charge is 0.475 e. The van der Waals surface area contributed by atoms with E-state index >= 15 is 0 Å². The van der Waals surface area contributed by atoms with Gasteiger partial charge in [0.15, 0.2) is 5.82 Å². The summed E-state index contributed by atoms with van der Waals surface area (Å²) >= 11 is 6.22. The number of hydrogen-bond donors (Lipinski definition) is 3. The quantitative estimate of drug-likeness (QED) is 0.385. The summed E-state index contributed by atoms with van der Waals surface area (Å²) in [4.78, 5) is 17.6. The normalized spacial score (nSPS) is 10.4. The molecule has 0 atom stereocenters. The van der Waals surface area contributed by atoms with Crippen LogP contribution < -0.4 is 10.6 Å². The Bertz CT molecular complexity index is 1120. The van der Waals surface area contributed by atoms with Gasteiger partial charge in [-0.15, -0.1) is 0 Å². The number of aromatic nitrogens is 2. The van der Waals surface area contributed by atoms with Gasteiger partial charge in [-0.05, 0) is 35.4 Å². The van der Waals surface area contributed by atoms with Gasteiger partial charge in [0.25, 0.3) is 0 Å². The summed E-state index contributed by atoms with van der Waals surface area (Å²) in [5.41, 5.74) is 3.77. The molecule has 166 valence electrons. The van der Waals surface area contributed by atoms with E-state index in [1.807, 2.05) is 48.5 Å². The second kappa shape index (κ2) is 11.0. The van der Waals surface area contributed by atoms with Crippen molar-refractivity contribution in [2.24, 2.45) is 0 Å². The molecule has 3 aromatic rings. The van der Waals surface area contributed by atoms with Crippen molar-refractivity contribution in [1.82, 2.24) is 9.97 Å². The molecular formula is C22H18ClF3N4O2. The van der Waals surface area contributed by atoms with Crippen LogP contribution in [0.3, 0.4) is 0 Å². The van der Waals surface area contributed by atoms with Crippen LogP contribution in [0, 0.1) is 0 Å². The third kappa shape index (κ3) is 7.44. The lowest BCUT2D eigenvalue weighted by molar-refractivity contribution is -0.192. The van der Waals surface area contributed by atoms with Gasteiger partial charge >= 0.3 is 12.1 Å². The molecule has 0 amide bonds. The maximum Gasteiger partial charge on any atom is 0.490 e. The topological polar surface area (TPSA) is 87.1 Å². The van der Waals surface area contributed by atoms with Gasteiger partial charge in [0.05, 0.1) is 6.20 Å². The first-order valence-corrected chi connectivity index (χ1v) is 9.32. The van der Waals surface area contributed by atoms with Gasteiger partial charge in [-0.1, -0.05) is 61.2 Å². The summed E-state index contributed by atoms with van der Waals surface area (Å²) in [5.74, 6) is -1.78. The predicted octanol–water partition coefficient (Wildman–Crippen LogP) is 6.54. The minimum absolute atomic E-state index is 0.439. The van der Waals surface area contributed by atoms with Crippen LogP contribution >= 0.6 is 11.6 Å². The number of aliphatic carboxylic acids is 1. The fraction of sp³-hybridized carbons (Fsp3) is 0.0455. The Kier molecular flexibility index (Phi) is 8.37. The zero-order valence-corrected chi connectivity index (χ0v) is 17.3. The summed E-state index contributed by atoms with van der Waals surface area (Å²) in [6, 6.07) is 15.6. The Morgan fingerprint density at radius 3 is 1.97 bits per heavy atom. The number of carbonyl (C=O) groups is 1. The van der Waals surface area contributed by atoms with Crippen LogP contribution in [0.4, 0.5) is 36.3 Å². The number of anilines is 4. The van der Waals surface area contributed by atoms with E-state index in [-0.39, 0.29) is 0 Å². The average molecular weight is 463 g/mol. The Morgan fingerprint density at radius 1 is 1.00 bits per heavy atom. The minimum Gasteiger partial charge on any atom is -0.475 e. The van der Waals surface area contributed by atoms with E-state index in [4.69, 9.17) is 21.5 Å². The van der Waals surface area contributed by atoms with Gasteiger partial charge in [-0.25, -0.2) is 9.78 Å². The minimum atomic E-state index is -5.08. The molecule has 1 heterocycles. The van der Waals surface area contributed by atoms with E-state index in [0.717, 1.165) is 22.5 Å². The van der Waals surface area contributed by atoms with E-state index in [1.165, 1.54) is 0 Å². The van der Waals surface area contributed by atoms with Crippen LogP contribution in [0.15, 0.2) is 67.9 Å². The summed E-state index contributed by atoms with van der Waals surface area (Å²) in [6.07, 6.45) is 0.0494. The molecule has 2 aromatic carbocycles. The third-order valence-electron chi connectivity index (χ3n) is 3.75. The molecule has 0 bridgehead atoms. The summed E-state index contributed by atoms with van der Waals surface area (Å²) in [6.45, 7) is 7.55. The van der Waals surface area contributed by atoms with Crippen LogP contribution in [0.5, 0.6) is 0 Å². The lowest BCUT2D eigenvalue weighted by Crippen LogP contribution is -2.21. The molecule has 3 N–H and O–H groups in total. The van der Waals surface area contributed by atoms with E-state index in [0.29, 0.717) is 16.8 Å². The molecule has 0 aliphatic heterocycles. The first kappa shape index (κ1) is 24.4. The highest BCUT2D eigenvalue weighted by Gasteiger charge is 2.38. The zero-order chi connectivity index (χ0) is 23.7. The average Bonchev–Trinajstić information content (AvgIpc) is 2.76. The molecule has 0 fully saturated rings. The van der Waals surface area contributed by atoms with Crippen molar-refractivity contribution >= 4 is 52.9 Å². The van der Waals surface area contributed by atoms with Crippen LogP contribution in [0.1, 0.15) is 11.1 Å². The van der Waals surface area contributed by atoms with E-state index < -0.39 is 12.1 Å². The molecule has 0 unspecified atom stereocenters. The molecule has 0 saturated carbocycles. The monoisotopic (exact) mass is 462 g/mol. The number of nitrogens with zero attached hydrogens (tertiary/aromatic N) is 2. The van der Waals surface area contributed by atoms with Gasteiger partial charge < -0.3 is 15.7 Å². The van der Waals surface area contributed by atoms with Crippen LogP contribution in [0.25, 0.3) is 12.2 Å². The highest BCUT2D eigenvalue weighted by atomic mass is 35.5. The molecule has 10 heteroatoms. The standard InChI is InChI=1S/C20H17ClN4.C2HF3O2/c1-3-14-7-5-9-16(11-14)23-19-18(21)13-22-20(25-19)24-17-10-6-8-15(4-2)12-17;3-2(4,5)1(6)7/h3-13H,1-2H2,(H2,22,23,24,25);(H,6,7). The largest absolute Gasteiger partial charge is 0.490 e. The SMILES string of the molecule is C=Cc1cccc(Nc2ncc(Cl)c(Nc3cccc(C=C)c3)n2)c1.O=C(O)C(F)(F)F. The van der Waals surface area contributed by atoms with E-state index in [1.54, 1.807) is 18.3 Å². The molecule has 3 rings (SSSR count). The second-order valence-electron chi connectivity index (χ2n) is 6.10. The van der Waals surface area contributed by atoms with Crippen molar-refractivity contribution in [2.75, 3.05) is 10.6 Å². The lowest BCUT2D eigenvalue weighted by atomic mass is 10.2. The van der Waals surface area contributed by atoms with Gasteiger partial charge in [0.2, 0.25) is 5.95 Å². The number of carboxylic acid groups (broad SMARTS) is 1. The third-order valence-corrected chi connectivity index (χ3v) is 4.03. The van der Waals surface area contributed by atoms with Crippen LogP contribution in [-0.4, -0.2) is 27.2 Å². The molecule has 0 saturated heterocycles. The Morgan fingerprint density at radius 2 is 1.50 bits per heavy atom. The fourth-order valence-electron chi connectivity index (χ4n) is 2.27. The van der Waals surface area contributed by atoms with Crippen molar-refractivity contribution in [1.29, 1.82) is 0 Å². The lowest BCUT2D eigenvalue weighted by Gasteiger charge is -2.11. The number of benzene rings is 2. The molecule has 0 spiro atoms. The van der Waals surface area contributed by atoms with Crippen molar-refractivity contribution in [3.63, 3.8) is 0 Å². The number of alkyl halides is 3. The maximum absolute atomic E-state index is 10.6. The molecular weight excluding hydrogens is 445 g/mol. The summed E-state index contributed by atoms with van der Waals surface area (Å²) in [5, 5.41) is 13.9. The predicted molar refractivity (Wildman–Crippen MR) is 120 cm³/mol. The molecule has 0 radical (unpaired) electrons. The number of rotatable bonds is 6. The summed E-state index contributed by atoms with van der Waals surface area (Å²) < 4.78 is 31.7. The van der Waals surface area contributed by atoms with Crippen LogP contribution in [0.2, 0.25) is 5.02 Å². The molecule has 6 nitrogen and oxygen atoms in total. The van der Waals surface area contributed by atoms with Gasteiger partial charge in [-0.2, -0.15) is 18.2 Å². The highest BCUT2D eigenvalue weighted by molar-refractivity contribution is 6.32. The van der Waals surface area contributed by atoms with Crippen molar-refractivity contribution in [3.05, 3.63) is 84.0 Å². The van der Waals surface area contributed by atoms with Gasteiger partial charge in [-0.3, -0.25) is 0 Å². The number of carboxylic acids is 1. The van der Waals surface area contributed by atoms with Crippen molar-refractivity contribution in [3.8, 4) is 0 Å². The number of halogens is 4. The molecule has 0 aliphatic rings. The first-order valence-electron chi connectivity index (χ1n) is 8.94. The van der Waals surface area contributed by atoms with Gasteiger partial charge in [0, 0.05) is 11.4 Å². The fourth-order valence-corrected chi connectivity index (χ4v) is 2.41. The molecule has 0 aliphatic carbocycles. The number of nitrogens with one attached hydrogen (secondary N) is 2. The zero-order valence-electron chi connectivity index (χ0n) is 16.5. The number of hydrogen-bond acceptors (Lipinski definition) is 5. The van der Waals surface area contributed by atoms with E-state index in [9.17, 15) is 13.2 Å². The highest BCUT2D eigenvalue weighted by Crippen LogP contribution is 2.25.